The monoisotopic (exact) mass is 248 g/mol. The van der Waals surface area contributed by atoms with Crippen molar-refractivity contribution in [3.63, 3.8) is 0 Å². The zero-order valence-electron chi connectivity index (χ0n) is 11.6. The number of nitrogens with one attached hydrogen (secondary N) is 1. The molecule has 100 valence electrons. The van der Waals surface area contributed by atoms with Crippen LogP contribution in [0.5, 0.6) is 5.75 Å². The molecular weight excluding hydrogens is 224 g/mol. The Kier molecular flexibility index (Phi) is 7.14. The summed E-state index contributed by atoms with van der Waals surface area (Å²) in [7, 11) is 6.05. The SMILES string of the molecule is CNCCC=Cc1ccc(OCCN(C)C)cc1. The van der Waals surface area contributed by atoms with Crippen molar-refractivity contribution in [3.05, 3.63) is 35.9 Å². The van der Waals surface area contributed by atoms with Gasteiger partial charge in [0.25, 0.3) is 0 Å². The van der Waals surface area contributed by atoms with E-state index in [0.29, 0.717) is 0 Å². The van der Waals surface area contributed by atoms with E-state index in [2.05, 4.69) is 34.5 Å². The first-order chi connectivity index (χ1) is 8.72. The predicted octanol–water partition coefficient (Wildman–Crippen LogP) is 2.25. The van der Waals surface area contributed by atoms with E-state index in [1.807, 2.05) is 33.3 Å². The van der Waals surface area contributed by atoms with Crippen molar-refractivity contribution in [2.45, 2.75) is 6.42 Å². The highest BCUT2D eigenvalue weighted by atomic mass is 16.5. The van der Waals surface area contributed by atoms with Gasteiger partial charge >= 0.3 is 0 Å². The van der Waals surface area contributed by atoms with Crippen LogP contribution in [-0.2, 0) is 0 Å². The Balaban J connectivity index is 2.35. The molecule has 3 heteroatoms. The first-order valence-corrected chi connectivity index (χ1v) is 6.41. The molecule has 1 N–H and O–H groups in total. The van der Waals surface area contributed by atoms with Gasteiger partial charge in [0, 0.05) is 6.54 Å². The van der Waals surface area contributed by atoms with Crippen LogP contribution in [0.25, 0.3) is 6.08 Å². The molecular formula is C15H24N2O. The molecule has 0 bridgehead atoms. The van der Waals surface area contributed by atoms with Gasteiger partial charge in [0.1, 0.15) is 12.4 Å². The molecule has 0 fully saturated rings. The number of ether oxygens (including phenoxy) is 1. The van der Waals surface area contributed by atoms with Crippen LogP contribution in [0.1, 0.15) is 12.0 Å². The molecule has 0 radical (unpaired) electrons. The van der Waals surface area contributed by atoms with E-state index in [-0.39, 0.29) is 0 Å². The minimum absolute atomic E-state index is 0.727. The maximum absolute atomic E-state index is 5.64. The van der Waals surface area contributed by atoms with Gasteiger partial charge < -0.3 is 15.0 Å². The molecule has 18 heavy (non-hydrogen) atoms. The summed E-state index contributed by atoms with van der Waals surface area (Å²) < 4.78 is 5.64. The van der Waals surface area contributed by atoms with Crippen LogP contribution in [0.3, 0.4) is 0 Å². The summed E-state index contributed by atoms with van der Waals surface area (Å²) in [5.74, 6) is 0.934. The second-order valence-electron chi connectivity index (χ2n) is 4.52. The Morgan fingerprint density at radius 3 is 2.56 bits per heavy atom. The number of hydrogen-bond acceptors (Lipinski definition) is 3. The number of rotatable bonds is 8. The zero-order valence-corrected chi connectivity index (χ0v) is 11.6. The van der Waals surface area contributed by atoms with E-state index < -0.39 is 0 Å². The second-order valence-corrected chi connectivity index (χ2v) is 4.52. The van der Waals surface area contributed by atoms with Gasteiger partial charge in [-0.25, -0.2) is 0 Å². The summed E-state index contributed by atoms with van der Waals surface area (Å²) in [6, 6.07) is 8.21. The molecule has 0 amide bonds. The van der Waals surface area contributed by atoms with Crippen molar-refractivity contribution in [2.24, 2.45) is 0 Å². The smallest absolute Gasteiger partial charge is 0.119 e. The van der Waals surface area contributed by atoms with Crippen LogP contribution in [0.2, 0.25) is 0 Å². The normalized spacial score (nSPS) is 11.3. The molecule has 0 saturated carbocycles. The largest absolute Gasteiger partial charge is 0.492 e. The highest BCUT2D eigenvalue weighted by Gasteiger charge is 1.94. The molecule has 0 aliphatic rings. The zero-order chi connectivity index (χ0) is 13.2. The van der Waals surface area contributed by atoms with Crippen molar-refractivity contribution >= 4 is 6.08 Å². The van der Waals surface area contributed by atoms with Gasteiger partial charge in [-0.3, -0.25) is 0 Å². The highest BCUT2D eigenvalue weighted by molar-refractivity contribution is 5.50. The quantitative estimate of drug-likeness (QED) is 0.714. The molecule has 0 saturated heterocycles. The lowest BCUT2D eigenvalue weighted by molar-refractivity contribution is 0.261. The van der Waals surface area contributed by atoms with Crippen LogP contribution in [0.15, 0.2) is 30.3 Å². The fourth-order valence-electron chi connectivity index (χ4n) is 1.47. The molecule has 0 aromatic heterocycles. The first-order valence-electron chi connectivity index (χ1n) is 6.41. The van der Waals surface area contributed by atoms with E-state index in [4.69, 9.17) is 4.74 Å². The van der Waals surface area contributed by atoms with E-state index in [1.54, 1.807) is 0 Å². The molecule has 3 nitrogen and oxygen atoms in total. The van der Waals surface area contributed by atoms with Crippen LogP contribution >= 0.6 is 0 Å². The maximum Gasteiger partial charge on any atom is 0.119 e. The van der Waals surface area contributed by atoms with Crippen molar-refractivity contribution in [3.8, 4) is 5.75 Å². The fourth-order valence-corrected chi connectivity index (χ4v) is 1.47. The molecule has 0 atom stereocenters. The summed E-state index contributed by atoms with van der Waals surface area (Å²) in [6.45, 7) is 2.68. The van der Waals surface area contributed by atoms with Crippen LogP contribution in [-0.4, -0.2) is 45.7 Å². The van der Waals surface area contributed by atoms with Gasteiger partial charge in [-0.15, -0.1) is 0 Å². The third kappa shape index (κ3) is 6.42. The lowest BCUT2D eigenvalue weighted by Crippen LogP contribution is -2.19. The standard InChI is InChI=1S/C15H24N2O/c1-16-11-5-4-6-14-7-9-15(10-8-14)18-13-12-17(2)3/h4,6-10,16H,5,11-13H2,1-3H3. The topological polar surface area (TPSA) is 24.5 Å². The van der Waals surface area contributed by atoms with E-state index in [1.165, 1.54) is 5.56 Å². The average molecular weight is 248 g/mol. The van der Waals surface area contributed by atoms with Crippen molar-refractivity contribution in [1.82, 2.24) is 10.2 Å². The summed E-state index contributed by atoms with van der Waals surface area (Å²) >= 11 is 0. The summed E-state index contributed by atoms with van der Waals surface area (Å²) in [4.78, 5) is 2.11. The average Bonchev–Trinajstić information content (AvgIpc) is 2.36. The van der Waals surface area contributed by atoms with Crippen LogP contribution < -0.4 is 10.1 Å². The lowest BCUT2D eigenvalue weighted by atomic mass is 10.2. The molecule has 0 unspecified atom stereocenters. The van der Waals surface area contributed by atoms with Crippen molar-refractivity contribution < 1.29 is 4.74 Å². The van der Waals surface area contributed by atoms with Gasteiger partial charge in [-0.05, 0) is 51.8 Å². The molecule has 0 aliphatic carbocycles. The van der Waals surface area contributed by atoms with Gasteiger partial charge in [0.15, 0.2) is 0 Å². The van der Waals surface area contributed by atoms with Gasteiger partial charge in [0.05, 0.1) is 0 Å². The minimum atomic E-state index is 0.727. The molecule has 0 heterocycles. The Morgan fingerprint density at radius 1 is 1.22 bits per heavy atom. The number of nitrogens with zero attached hydrogens (tertiary/aromatic N) is 1. The summed E-state index contributed by atoms with van der Waals surface area (Å²) in [5, 5.41) is 3.12. The third-order valence-electron chi connectivity index (χ3n) is 2.56. The lowest BCUT2D eigenvalue weighted by Gasteiger charge is -2.10. The van der Waals surface area contributed by atoms with Crippen molar-refractivity contribution in [1.29, 1.82) is 0 Å². The Bertz CT molecular complexity index is 344. The van der Waals surface area contributed by atoms with Crippen molar-refractivity contribution in [2.75, 3.05) is 40.8 Å². The molecule has 0 spiro atoms. The Labute approximate surface area is 110 Å². The van der Waals surface area contributed by atoms with E-state index in [9.17, 15) is 0 Å². The fraction of sp³-hybridized carbons (Fsp3) is 0.467. The van der Waals surface area contributed by atoms with E-state index in [0.717, 1.165) is 31.9 Å². The maximum atomic E-state index is 5.64. The van der Waals surface area contributed by atoms with Crippen LogP contribution in [0.4, 0.5) is 0 Å². The number of likely N-dealkylation sites (N-methyl/N-ethyl adjacent to an activating group) is 1. The van der Waals surface area contributed by atoms with E-state index >= 15 is 0 Å². The Hall–Kier alpha value is -1.32. The number of hydrogen-bond donors (Lipinski definition) is 1. The second kappa shape index (κ2) is 8.72. The molecule has 0 aliphatic heterocycles. The first kappa shape index (κ1) is 14.7. The van der Waals surface area contributed by atoms with Crippen LogP contribution in [0, 0.1) is 0 Å². The van der Waals surface area contributed by atoms with Gasteiger partial charge in [-0.2, -0.15) is 0 Å². The molecule has 1 aromatic carbocycles. The molecule has 1 rings (SSSR count). The van der Waals surface area contributed by atoms with Gasteiger partial charge in [-0.1, -0.05) is 24.3 Å². The summed E-state index contributed by atoms with van der Waals surface area (Å²) in [5.41, 5.74) is 1.21. The van der Waals surface area contributed by atoms with Gasteiger partial charge in [0.2, 0.25) is 0 Å². The highest BCUT2D eigenvalue weighted by Crippen LogP contribution is 2.13. The predicted molar refractivity (Wildman–Crippen MR) is 78.1 cm³/mol. The number of benzene rings is 1. The Morgan fingerprint density at radius 2 is 1.94 bits per heavy atom. The summed E-state index contributed by atoms with van der Waals surface area (Å²) in [6.07, 6.45) is 5.37. The third-order valence-corrected chi connectivity index (χ3v) is 2.56. The minimum Gasteiger partial charge on any atom is -0.492 e. The molecule has 1 aromatic rings.